The summed E-state index contributed by atoms with van der Waals surface area (Å²) < 4.78 is 28.7. The van der Waals surface area contributed by atoms with Gasteiger partial charge in [0, 0.05) is 3.57 Å². The van der Waals surface area contributed by atoms with Crippen molar-refractivity contribution in [3.8, 4) is 0 Å². The number of nitrogens with one attached hydrogen (secondary N) is 2. The smallest absolute Gasteiger partial charge is 0.277 e. The Kier molecular flexibility index (Phi) is 7.53. The average Bonchev–Trinajstić information content (AvgIpc) is 2.60. The fourth-order valence-electron chi connectivity index (χ4n) is 1.90. The first-order valence-corrected chi connectivity index (χ1v) is 8.70. The highest BCUT2D eigenvalue weighted by Gasteiger charge is 2.20. The minimum atomic E-state index is -1.26. The highest BCUT2D eigenvalue weighted by Crippen LogP contribution is 2.31. The lowest BCUT2D eigenvalue weighted by Gasteiger charge is -2.15. The van der Waals surface area contributed by atoms with Gasteiger partial charge in [-0.2, -0.15) is 0 Å². The number of halogens is 4. The van der Waals surface area contributed by atoms with Crippen molar-refractivity contribution in [2.75, 3.05) is 18.5 Å². The summed E-state index contributed by atoms with van der Waals surface area (Å²) >= 11 is 8.12. The second kappa shape index (κ2) is 9.42. The predicted molar refractivity (Wildman–Crippen MR) is 100 cm³/mol. The van der Waals surface area contributed by atoms with E-state index in [1.54, 1.807) is 18.2 Å². The van der Waals surface area contributed by atoms with Crippen molar-refractivity contribution in [3.05, 3.63) is 56.1 Å². The van der Waals surface area contributed by atoms with E-state index in [-0.39, 0.29) is 22.9 Å². The van der Waals surface area contributed by atoms with Gasteiger partial charge in [-0.25, -0.2) is 14.3 Å². The van der Waals surface area contributed by atoms with Crippen LogP contribution in [0.25, 0.3) is 0 Å². The van der Waals surface area contributed by atoms with Gasteiger partial charge in [-0.1, -0.05) is 11.6 Å². The van der Waals surface area contributed by atoms with Crippen LogP contribution in [0.1, 0.15) is 10.4 Å². The molecule has 0 radical (unpaired) electrons. The van der Waals surface area contributed by atoms with Crippen molar-refractivity contribution >= 4 is 51.5 Å². The number of carbonyl (C=O) groups excluding carboxylic acids is 1. The molecular weight excluding hydrogens is 485 g/mol. The summed E-state index contributed by atoms with van der Waals surface area (Å²) in [7, 11) is 0. The number of hydroxylamine groups is 1. The van der Waals surface area contributed by atoms with Crippen LogP contribution in [0.3, 0.4) is 0 Å². The Hall–Kier alpha value is -1.53. The van der Waals surface area contributed by atoms with E-state index in [9.17, 15) is 13.6 Å². The molecule has 0 aromatic heterocycles. The lowest BCUT2D eigenvalue weighted by molar-refractivity contribution is -0.0295. The van der Waals surface area contributed by atoms with Gasteiger partial charge in [-0.05, 0) is 52.9 Å². The number of hydrogen-bond donors (Lipinski definition) is 4. The van der Waals surface area contributed by atoms with E-state index >= 15 is 0 Å². The normalized spacial score (nSPS) is 11.9. The monoisotopic (exact) mass is 498 g/mol. The molecule has 0 fully saturated rings. The quantitative estimate of drug-likeness (QED) is 0.348. The molecule has 0 aliphatic heterocycles. The Labute approximate surface area is 166 Å². The third-order valence-corrected chi connectivity index (χ3v) is 4.17. The molecule has 4 N–H and O–H groups in total. The molecular formula is C16H14ClF2IN2O4. The maximum atomic E-state index is 14.2. The van der Waals surface area contributed by atoms with E-state index in [0.29, 0.717) is 0 Å². The zero-order valence-electron chi connectivity index (χ0n) is 13.1. The summed E-state index contributed by atoms with van der Waals surface area (Å²) in [6, 6.07) is 6.74. The molecule has 0 saturated heterocycles. The summed E-state index contributed by atoms with van der Waals surface area (Å²) in [5.41, 5.74) is 1.61. The zero-order chi connectivity index (χ0) is 19.3. The molecule has 0 heterocycles. The van der Waals surface area contributed by atoms with Gasteiger partial charge in [0.05, 0.1) is 28.6 Å². The maximum Gasteiger partial charge on any atom is 0.277 e. The molecule has 0 bridgehead atoms. The Morgan fingerprint density at radius 3 is 2.69 bits per heavy atom. The van der Waals surface area contributed by atoms with E-state index in [0.717, 1.165) is 15.7 Å². The number of aliphatic hydroxyl groups is 2. The Morgan fingerprint density at radius 1 is 1.31 bits per heavy atom. The lowest BCUT2D eigenvalue weighted by atomic mass is 10.1. The van der Waals surface area contributed by atoms with Gasteiger partial charge in [0.2, 0.25) is 0 Å². The summed E-state index contributed by atoms with van der Waals surface area (Å²) in [5, 5.41) is 20.7. The van der Waals surface area contributed by atoms with Crippen LogP contribution in [0.2, 0.25) is 5.02 Å². The van der Waals surface area contributed by atoms with Crippen LogP contribution in [-0.4, -0.2) is 35.4 Å². The van der Waals surface area contributed by atoms with Crippen LogP contribution >= 0.6 is 34.2 Å². The SMILES string of the molecule is O=C(NOC[C@H](O)CO)c1ccc(F)c(F)c1Nc1ccc(I)cc1Cl. The first kappa shape index (κ1) is 20.8. The number of benzene rings is 2. The Morgan fingerprint density at radius 2 is 2.04 bits per heavy atom. The van der Waals surface area contributed by atoms with E-state index < -0.39 is 35.9 Å². The van der Waals surface area contributed by atoms with Crippen molar-refractivity contribution in [1.29, 1.82) is 0 Å². The molecule has 1 amide bonds. The number of amides is 1. The number of carbonyl (C=O) groups is 1. The molecule has 6 nitrogen and oxygen atoms in total. The summed E-state index contributed by atoms with van der Waals surface area (Å²) in [5.74, 6) is -3.29. The standard InChI is InChI=1S/C16H14ClF2IN2O4/c17-11-5-8(20)1-4-13(11)21-15-10(2-3-12(18)14(15)19)16(25)22-26-7-9(24)6-23/h1-5,9,21,23-24H,6-7H2,(H,22,25)/t9-/m1/s1. The number of rotatable bonds is 7. The third kappa shape index (κ3) is 5.24. The summed E-state index contributed by atoms with van der Waals surface area (Å²) in [6.07, 6.45) is -1.19. The third-order valence-electron chi connectivity index (χ3n) is 3.18. The molecule has 0 aliphatic rings. The highest BCUT2D eigenvalue weighted by molar-refractivity contribution is 14.1. The average molecular weight is 499 g/mol. The van der Waals surface area contributed by atoms with Crippen LogP contribution in [0, 0.1) is 15.2 Å². The van der Waals surface area contributed by atoms with Gasteiger partial charge < -0.3 is 15.5 Å². The molecule has 26 heavy (non-hydrogen) atoms. The number of hydrogen-bond acceptors (Lipinski definition) is 5. The number of aliphatic hydroxyl groups excluding tert-OH is 2. The fourth-order valence-corrected chi connectivity index (χ4v) is 2.80. The summed E-state index contributed by atoms with van der Waals surface area (Å²) in [6.45, 7) is -0.934. The Balaban J connectivity index is 2.27. The van der Waals surface area contributed by atoms with Crippen LogP contribution in [0.15, 0.2) is 30.3 Å². The van der Waals surface area contributed by atoms with Gasteiger partial charge in [-0.15, -0.1) is 0 Å². The molecule has 1 atom stereocenters. The molecule has 0 spiro atoms. The summed E-state index contributed by atoms with van der Waals surface area (Å²) in [4.78, 5) is 16.9. The number of anilines is 2. The first-order chi connectivity index (χ1) is 12.3. The molecule has 2 aromatic carbocycles. The predicted octanol–water partition coefficient (Wildman–Crippen LogP) is 2.98. The molecule has 10 heteroatoms. The minimum absolute atomic E-state index is 0.239. The fraction of sp³-hybridized carbons (Fsp3) is 0.188. The van der Waals surface area contributed by atoms with Gasteiger partial charge in [0.15, 0.2) is 11.6 Å². The van der Waals surface area contributed by atoms with Crippen LogP contribution in [0.4, 0.5) is 20.2 Å². The molecule has 2 rings (SSSR count). The van der Waals surface area contributed by atoms with E-state index in [1.807, 2.05) is 28.1 Å². The van der Waals surface area contributed by atoms with E-state index in [1.165, 1.54) is 0 Å². The van der Waals surface area contributed by atoms with Crippen LogP contribution in [-0.2, 0) is 4.84 Å². The largest absolute Gasteiger partial charge is 0.394 e. The van der Waals surface area contributed by atoms with Crippen LogP contribution in [0.5, 0.6) is 0 Å². The van der Waals surface area contributed by atoms with Gasteiger partial charge in [0.1, 0.15) is 12.7 Å². The topological polar surface area (TPSA) is 90.8 Å². The highest BCUT2D eigenvalue weighted by atomic mass is 127. The van der Waals surface area contributed by atoms with Crippen molar-refractivity contribution in [2.45, 2.75) is 6.10 Å². The molecule has 0 unspecified atom stereocenters. The van der Waals surface area contributed by atoms with Gasteiger partial charge in [-0.3, -0.25) is 9.63 Å². The Bertz CT molecular complexity index is 810. The second-order valence-corrected chi connectivity index (χ2v) is 6.76. The second-order valence-electron chi connectivity index (χ2n) is 5.11. The minimum Gasteiger partial charge on any atom is -0.394 e. The molecule has 0 aliphatic carbocycles. The van der Waals surface area contributed by atoms with Crippen LogP contribution < -0.4 is 10.8 Å². The van der Waals surface area contributed by atoms with Crippen molar-refractivity contribution < 1.29 is 28.6 Å². The van der Waals surface area contributed by atoms with Crippen molar-refractivity contribution in [3.63, 3.8) is 0 Å². The zero-order valence-corrected chi connectivity index (χ0v) is 16.0. The van der Waals surface area contributed by atoms with Crippen molar-refractivity contribution in [1.82, 2.24) is 5.48 Å². The van der Waals surface area contributed by atoms with Gasteiger partial charge >= 0.3 is 0 Å². The molecule has 2 aromatic rings. The van der Waals surface area contributed by atoms with E-state index in [2.05, 4.69) is 5.32 Å². The lowest BCUT2D eigenvalue weighted by Crippen LogP contribution is -2.30. The molecule has 140 valence electrons. The van der Waals surface area contributed by atoms with E-state index in [4.69, 9.17) is 26.7 Å². The maximum absolute atomic E-state index is 14.2. The van der Waals surface area contributed by atoms with Gasteiger partial charge in [0.25, 0.3) is 5.91 Å². The first-order valence-electron chi connectivity index (χ1n) is 7.24. The van der Waals surface area contributed by atoms with Crippen molar-refractivity contribution in [2.24, 2.45) is 0 Å². The molecule has 0 saturated carbocycles.